The predicted molar refractivity (Wildman–Crippen MR) is 141 cm³/mol. The number of carbonyl (C=O) groups is 2. The summed E-state index contributed by atoms with van der Waals surface area (Å²) < 4.78 is 16.7. The van der Waals surface area contributed by atoms with Gasteiger partial charge >= 0.3 is 0 Å². The van der Waals surface area contributed by atoms with Gasteiger partial charge in [-0.05, 0) is 37.0 Å². The van der Waals surface area contributed by atoms with E-state index in [2.05, 4.69) is 11.5 Å². The van der Waals surface area contributed by atoms with Crippen molar-refractivity contribution in [3.63, 3.8) is 0 Å². The monoisotopic (exact) mass is 516 g/mol. The molecule has 1 atom stereocenters. The minimum atomic E-state index is -0.819. The number of nitrogens with two attached hydrogens (primary N) is 1. The molecule has 4 rings (SSSR count). The van der Waals surface area contributed by atoms with Gasteiger partial charge in [0.05, 0.1) is 44.6 Å². The molecular weight excluding hydrogens is 484 g/mol. The molecule has 0 fully saturated rings. The van der Waals surface area contributed by atoms with Gasteiger partial charge in [-0.3, -0.25) is 15.0 Å². The second-order valence-electron chi connectivity index (χ2n) is 10.2. The molecule has 0 saturated heterocycles. The highest BCUT2D eigenvalue weighted by Gasteiger charge is 2.46. The number of methoxy groups -OCH3 is 3. The molecule has 0 spiro atoms. The van der Waals surface area contributed by atoms with Crippen molar-refractivity contribution in [2.75, 3.05) is 21.3 Å². The first-order valence-electron chi connectivity index (χ1n) is 12.2. The summed E-state index contributed by atoms with van der Waals surface area (Å²) in [6.45, 7) is 5.91. The molecule has 0 bridgehead atoms. The van der Waals surface area contributed by atoms with Crippen LogP contribution in [0.15, 0.2) is 59.1 Å². The van der Waals surface area contributed by atoms with Gasteiger partial charge in [-0.25, -0.2) is 5.01 Å². The van der Waals surface area contributed by atoms with Crippen LogP contribution in [0.25, 0.3) is 0 Å². The number of Topliss-reactive ketones (excluding diaryl/α,β-unsaturated/α-hetero) is 1. The zero-order chi connectivity index (χ0) is 27.8. The van der Waals surface area contributed by atoms with Gasteiger partial charge in [0.2, 0.25) is 5.75 Å². The number of nitrogens with zero attached hydrogens (tertiary/aromatic N) is 2. The summed E-state index contributed by atoms with van der Waals surface area (Å²) >= 11 is 0. The molecule has 2 aromatic carbocycles. The third-order valence-corrected chi connectivity index (χ3v) is 6.95. The number of amides is 1. The van der Waals surface area contributed by atoms with E-state index in [-0.39, 0.29) is 29.0 Å². The minimum absolute atomic E-state index is 0.0408. The number of ketones is 1. The normalized spacial score (nSPS) is 18.5. The van der Waals surface area contributed by atoms with Crippen molar-refractivity contribution in [1.29, 1.82) is 5.26 Å². The lowest BCUT2D eigenvalue weighted by Crippen LogP contribution is -2.49. The van der Waals surface area contributed by atoms with Crippen LogP contribution in [0.1, 0.15) is 54.1 Å². The van der Waals surface area contributed by atoms with Gasteiger partial charge in [0.1, 0.15) is 5.82 Å². The van der Waals surface area contributed by atoms with Gasteiger partial charge in [0, 0.05) is 23.1 Å². The van der Waals surface area contributed by atoms with Crippen LogP contribution < -0.4 is 25.4 Å². The van der Waals surface area contributed by atoms with Gasteiger partial charge in [-0.1, -0.05) is 37.6 Å². The van der Waals surface area contributed by atoms with Crippen LogP contribution in [0.5, 0.6) is 17.2 Å². The summed E-state index contributed by atoms with van der Waals surface area (Å²) in [7, 11) is 4.48. The molecule has 1 heterocycles. The van der Waals surface area contributed by atoms with E-state index >= 15 is 0 Å². The smallest absolute Gasteiger partial charge is 0.270 e. The number of aryl methyl sites for hydroxylation is 1. The first-order valence-corrected chi connectivity index (χ1v) is 12.2. The molecule has 1 unspecified atom stereocenters. The number of hydrazine groups is 1. The van der Waals surface area contributed by atoms with Crippen molar-refractivity contribution in [2.24, 2.45) is 11.1 Å². The van der Waals surface area contributed by atoms with E-state index in [9.17, 15) is 14.9 Å². The van der Waals surface area contributed by atoms with Crippen molar-refractivity contribution < 1.29 is 23.8 Å². The number of nitrogens with one attached hydrogen (secondary N) is 1. The zero-order valence-corrected chi connectivity index (χ0v) is 22.5. The van der Waals surface area contributed by atoms with E-state index in [1.165, 1.54) is 26.3 Å². The third-order valence-electron chi connectivity index (χ3n) is 6.95. The van der Waals surface area contributed by atoms with Gasteiger partial charge in [-0.2, -0.15) is 5.26 Å². The lowest BCUT2D eigenvalue weighted by atomic mass is 9.69. The summed E-state index contributed by atoms with van der Waals surface area (Å²) in [6.07, 6.45) is 0.726. The number of hydrogen-bond donors (Lipinski definition) is 2. The summed E-state index contributed by atoms with van der Waals surface area (Å²) in [4.78, 5) is 27.0. The molecule has 9 heteroatoms. The summed E-state index contributed by atoms with van der Waals surface area (Å²) in [5.74, 6) is -0.206. The molecule has 3 N–H and O–H groups in total. The Hall–Kier alpha value is -4.45. The van der Waals surface area contributed by atoms with Crippen molar-refractivity contribution >= 4 is 11.7 Å². The fourth-order valence-electron chi connectivity index (χ4n) is 5.17. The molecular formula is C29H32N4O5. The topological polar surface area (TPSA) is 127 Å². The lowest BCUT2D eigenvalue weighted by Gasteiger charge is -2.43. The number of benzene rings is 2. The first kappa shape index (κ1) is 26.6. The number of hydrogen-bond acceptors (Lipinski definition) is 8. The quantitative estimate of drug-likeness (QED) is 0.588. The number of nitriles is 1. The number of ether oxygens (including phenoxy) is 3. The van der Waals surface area contributed by atoms with Crippen LogP contribution >= 0.6 is 0 Å². The average molecular weight is 517 g/mol. The Morgan fingerprint density at radius 3 is 2.29 bits per heavy atom. The minimum Gasteiger partial charge on any atom is -0.493 e. The highest BCUT2D eigenvalue weighted by molar-refractivity contribution is 6.01. The fourth-order valence-corrected chi connectivity index (χ4v) is 5.17. The van der Waals surface area contributed by atoms with Crippen LogP contribution in [0, 0.1) is 23.7 Å². The molecule has 0 radical (unpaired) electrons. The molecule has 38 heavy (non-hydrogen) atoms. The zero-order valence-electron chi connectivity index (χ0n) is 22.5. The van der Waals surface area contributed by atoms with Crippen molar-refractivity contribution in [3.05, 3.63) is 75.8 Å². The molecule has 1 aliphatic carbocycles. The van der Waals surface area contributed by atoms with Crippen molar-refractivity contribution in [2.45, 2.75) is 39.5 Å². The van der Waals surface area contributed by atoms with E-state index in [1.54, 1.807) is 24.3 Å². The maximum absolute atomic E-state index is 13.7. The molecule has 1 amide bonds. The maximum atomic E-state index is 13.7. The first-order chi connectivity index (χ1) is 18.1. The van der Waals surface area contributed by atoms with E-state index in [4.69, 9.17) is 19.9 Å². The van der Waals surface area contributed by atoms with Gasteiger partial charge < -0.3 is 19.9 Å². The van der Waals surface area contributed by atoms with E-state index in [0.717, 1.165) is 5.56 Å². The van der Waals surface area contributed by atoms with Gasteiger partial charge in [-0.15, -0.1) is 0 Å². The Morgan fingerprint density at radius 2 is 1.71 bits per heavy atom. The molecule has 198 valence electrons. The molecule has 2 aromatic rings. The SMILES string of the molecule is COc1ccc(C2C(C#N)=C(N)N(NC(=O)c3ccc(C)cc3)C3=C2C(=O)CC(C)(C)C3)c(OC)c1OC. The Morgan fingerprint density at radius 1 is 1.05 bits per heavy atom. The molecule has 1 aliphatic heterocycles. The predicted octanol–water partition coefficient (Wildman–Crippen LogP) is 4.10. The van der Waals surface area contributed by atoms with Crippen molar-refractivity contribution in [3.8, 4) is 23.3 Å². The maximum Gasteiger partial charge on any atom is 0.270 e. The van der Waals surface area contributed by atoms with Gasteiger partial charge in [0.15, 0.2) is 17.3 Å². The molecule has 9 nitrogen and oxygen atoms in total. The van der Waals surface area contributed by atoms with E-state index in [0.29, 0.717) is 46.1 Å². The Labute approximate surface area is 222 Å². The van der Waals surface area contributed by atoms with Crippen LogP contribution in [-0.2, 0) is 4.79 Å². The highest BCUT2D eigenvalue weighted by atomic mass is 16.5. The summed E-state index contributed by atoms with van der Waals surface area (Å²) in [6, 6.07) is 12.7. The summed E-state index contributed by atoms with van der Waals surface area (Å²) in [5.41, 5.74) is 12.1. The lowest BCUT2D eigenvalue weighted by molar-refractivity contribution is -0.118. The molecule has 0 saturated carbocycles. The van der Waals surface area contributed by atoms with Crippen LogP contribution in [0.3, 0.4) is 0 Å². The number of allylic oxidation sites excluding steroid dienone is 3. The van der Waals surface area contributed by atoms with Crippen LogP contribution in [-0.4, -0.2) is 38.0 Å². The number of rotatable bonds is 6. The van der Waals surface area contributed by atoms with Crippen molar-refractivity contribution in [1.82, 2.24) is 10.4 Å². The standard InChI is InChI=1S/C29H32N4O5/c1-16-7-9-17(10-8-16)28(35)32-33-20-13-29(2,3)14-21(34)24(20)23(19(15-30)27(33)31)18-11-12-22(36-4)26(38-6)25(18)37-5/h7-12,23H,13-14,31H2,1-6H3,(H,32,35). The molecule has 0 aromatic heterocycles. The Kier molecular flexibility index (Phi) is 7.09. The summed E-state index contributed by atoms with van der Waals surface area (Å²) in [5, 5.41) is 11.7. The van der Waals surface area contributed by atoms with Crippen LogP contribution in [0.2, 0.25) is 0 Å². The van der Waals surface area contributed by atoms with Crippen LogP contribution in [0.4, 0.5) is 0 Å². The average Bonchev–Trinajstić information content (AvgIpc) is 2.88. The van der Waals surface area contributed by atoms with E-state index < -0.39 is 11.8 Å². The third kappa shape index (κ3) is 4.54. The Bertz CT molecular complexity index is 1400. The number of carbonyl (C=O) groups excluding carboxylic acids is 2. The van der Waals surface area contributed by atoms with Gasteiger partial charge in [0.25, 0.3) is 5.91 Å². The Balaban J connectivity index is 1.93. The second-order valence-corrected chi connectivity index (χ2v) is 10.2. The largest absolute Gasteiger partial charge is 0.493 e. The molecule has 2 aliphatic rings. The fraction of sp³-hybridized carbons (Fsp3) is 0.345. The second kappa shape index (κ2) is 10.1. The highest BCUT2D eigenvalue weighted by Crippen LogP contribution is 2.52. The van der Waals surface area contributed by atoms with E-state index in [1.807, 2.05) is 32.9 Å².